The van der Waals surface area contributed by atoms with E-state index in [4.69, 9.17) is 28.3 Å². The van der Waals surface area contributed by atoms with Gasteiger partial charge in [-0.15, -0.1) is 0 Å². The largest absolute Gasteiger partial charge is 0.479 e. The van der Waals surface area contributed by atoms with Crippen LogP contribution in [0.4, 0.5) is 11.4 Å². The lowest BCUT2D eigenvalue weighted by Crippen LogP contribution is -2.15. The number of carbonyl (C=O) groups excluding carboxylic acids is 1. The molecule has 0 saturated heterocycles. The van der Waals surface area contributed by atoms with Gasteiger partial charge in [-0.25, -0.2) is 4.79 Å². The van der Waals surface area contributed by atoms with Crippen LogP contribution in [0.5, 0.6) is 0 Å². The van der Waals surface area contributed by atoms with Crippen molar-refractivity contribution in [3.63, 3.8) is 0 Å². The predicted octanol–water partition coefficient (Wildman–Crippen LogP) is 3.91. The molecule has 0 bridgehead atoms. The van der Waals surface area contributed by atoms with Gasteiger partial charge in [-0.05, 0) is 29.8 Å². The molecule has 7 heteroatoms. The van der Waals surface area contributed by atoms with Crippen molar-refractivity contribution in [2.45, 2.75) is 6.42 Å². The van der Waals surface area contributed by atoms with Crippen LogP contribution in [0.25, 0.3) is 0 Å². The highest BCUT2D eigenvalue weighted by Crippen LogP contribution is 2.29. The Labute approximate surface area is 142 Å². The molecule has 0 aromatic heterocycles. The van der Waals surface area contributed by atoms with Crippen molar-refractivity contribution < 1.29 is 19.4 Å². The van der Waals surface area contributed by atoms with Gasteiger partial charge in [0.25, 0.3) is 0 Å². The van der Waals surface area contributed by atoms with E-state index in [0.717, 1.165) is 0 Å². The molecule has 2 rings (SSSR count). The van der Waals surface area contributed by atoms with Crippen LogP contribution >= 0.6 is 23.2 Å². The third kappa shape index (κ3) is 5.16. The van der Waals surface area contributed by atoms with E-state index >= 15 is 0 Å². The summed E-state index contributed by atoms with van der Waals surface area (Å²) in [5.74, 6) is -1.82. The van der Waals surface area contributed by atoms with Gasteiger partial charge in [0.05, 0.1) is 17.1 Å². The fraction of sp³-hybridized carbons (Fsp3) is 0.125. The maximum absolute atomic E-state index is 11.7. The molecule has 23 heavy (non-hydrogen) atoms. The molecule has 0 radical (unpaired) electrons. The Balaban J connectivity index is 2.14. The summed E-state index contributed by atoms with van der Waals surface area (Å²) >= 11 is 12.0. The molecule has 0 heterocycles. The lowest BCUT2D eigenvalue weighted by atomic mass is 10.1. The maximum atomic E-state index is 11.7. The van der Waals surface area contributed by atoms with E-state index in [1.165, 1.54) is 0 Å². The topological polar surface area (TPSA) is 75.6 Å². The second-order valence-corrected chi connectivity index (χ2v) is 5.48. The lowest BCUT2D eigenvalue weighted by Gasteiger charge is -2.13. The molecule has 0 aliphatic carbocycles. The number of esters is 1. The van der Waals surface area contributed by atoms with E-state index in [9.17, 15) is 9.59 Å². The van der Waals surface area contributed by atoms with Gasteiger partial charge in [0.15, 0.2) is 6.61 Å². The fourth-order valence-corrected chi connectivity index (χ4v) is 2.34. The van der Waals surface area contributed by atoms with Crippen molar-refractivity contribution in [2.24, 2.45) is 0 Å². The third-order valence-corrected chi connectivity index (χ3v) is 3.46. The summed E-state index contributed by atoms with van der Waals surface area (Å²) in [6.45, 7) is -0.655. The van der Waals surface area contributed by atoms with Crippen molar-refractivity contribution in [3.8, 4) is 0 Å². The van der Waals surface area contributed by atoms with E-state index in [2.05, 4.69) is 10.1 Å². The van der Waals surface area contributed by atoms with Crippen molar-refractivity contribution in [1.82, 2.24) is 0 Å². The number of aliphatic carboxylic acids is 1. The molecular formula is C16H13Cl2NO4. The molecule has 0 aliphatic rings. The van der Waals surface area contributed by atoms with Gasteiger partial charge < -0.3 is 15.2 Å². The number of hydrogen-bond donors (Lipinski definition) is 2. The zero-order valence-corrected chi connectivity index (χ0v) is 13.4. The zero-order valence-electron chi connectivity index (χ0n) is 11.9. The normalized spacial score (nSPS) is 10.2. The number of hydrogen-bond acceptors (Lipinski definition) is 4. The second-order valence-electron chi connectivity index (χ2n) is 4.64. The molecule has 2 aromatic carbocycles. The van der Waals surface area contributed by atoms with Crippen LogP contribution in [0.2, 0.25) is 10.0 Å². The molecule has 120 valence electrons. The minimum atomic E-state index is -1.20. The predicted molar refractivity (Wildman–Crippen MR) is 88.5 cm³/mol. The van der Waals surface area contributed by atoms with Gasteiger partial charge in [0, 0.05) is 10.7 Å². The number of carboxylic acids is 1. The van der Waals surface area contributed by atoms with Gasteiger partial charge >= 0.3 is 11.9 Å². The monoisotopic (exact) mass is 353 g/mol. The summed E-state index contributed by atoms with van der Waals surface area (Å²) in [5, 5.41) is 12.6. The van der Waals surface area contributed by atoms with Gasteiger partial charge in [0.2, 0.25) is 0 Å². The zero-order chi connectivity index (χ0) is 16.8. The summed E-state index contributed by atoms with van der Waals surface area (Å²) in [7, 11) is 0. The summed E-state index contributed by atoms with van der Waals surface area (Å²) in [4.78, 5) is 22.1. The molecule has 0 amide bonds. The van der Waals surface area contributed by atoms with E-state index in [0.29, 0.717) is 27.0 Å². The first-order chi connectivity index (χ1) is 11.0. The highest BCUT2D eigenvalue weighted by Gasteiger charge is 2.11. The first kappa shape index (κ1) is 17.1. The molecule has 0 aliphatic heterocycles. The minimum absolute atomic E-state index is 0.0539. The number of ether oxygens (including phenoxy) is 1. The number of carboxylic acid groups (broad SMARTS) is 1. The summed E-state index contributed by atoms with van der Waals surface area (Å²) in [5.41, 5.74) is 1.97. The highest BCUT2D eigenvalue weighted by atomic mass is 35.5. The van der Waals surface area contributed by atoms with Crippen LogP contribution < -0.4 is 5.32 Å². The lowest BCUT2D eigenvalue weighted by molar-refractivity contribution is -0.154. The van der Waals surface area contributed by atoms with E-state index < -0.39 is 18.5 Å². The molecule has 2 aromatic rings. The first-order valence-corrected chi connectivity index (χ1v) is 7.38. The average molecular weight is 354 g/mol. The summed E-state index contributed by atoms with van der Waals surface area (Å²) in [6, 6.07) is 12.1. The van der Waals surface area contributed by atoms with Crippen molar-refractivity contribution in [1.29, 1.82) is 0 Å². The Morgan fingerprint density at radius 3 is 2.52 bits per heavy atom. The van der Waals surface area contributed by atoms with Crippen LogP contribution in [0.1, 0.15) is 5.56 Å². The van der Waals surface area contributed by atoms with Crippen LogP contribution in [0.3, 0.4) is 0 Å². The van der Waals surface area contributed by atoms with E-state index in [-0.39, 0.29) is 6.42 Å². The van der Waals surface area contributed by atoms with Crippen molar-refractivity contribution in [3.05, 3.63) is 58.1 Å². The van der Waals surface area contributed by atoms with Crippen LogP contribution in [0.15, 0.2) is 42.5 Å². The molecule has 0 atom stereocenters. The quantitative estimate of drug-likeness (QED) is 0.770. The molecule has 0 spiro atoms. The number of benzene rings is 2. The smallest absolute Gasteiger partial charge is 0.341 e. The Hall–Kier alpha value is -2.24. The van der Waals surface area contributed by atoms with Gasteiger partial charge in [-0.1, -0.05) is 41.4 Å². The number of anilines is 2. The van der Waals surface area contributed by atoms with E-state index in [1.54, 1.807) is 42.5 Å². The standard InChI is InChI=1S/C16H13Cl2NO4/c17-11-5-6-14(12(18)8-11)19-13-4-2-1-3-10(13)7-16(22)23-9-15(20)21/h1-6,8,19H,7,9H2,(H,20,21). The number of rotatable bonds is 6. The summed E-state index contributed by atoms with van der Waals surface area (Å²) < 4.78 is 4.64. The molecule has 0 fully saturated rings. The molecule has 2 N–H and O–H groups in total. The third-order valence-electron chi connectivity index (χ3n) is 2.91. The van der Waals surface area contributed by atoms with Crippen LogP contribution in [-0.2, 0) is 20.7 Å². The number of nitrogens with one attached hydrogen (secondary N) is 1. The summed E-state index contributed by atoms with van der Waals surface area (Å²) in [6.07, 6.45) is -0.0539. The van der Waals surface area contributed by atoms with Gasteiger partial charge in [0.1, 0.15) is 0 Å². The number of carbonyl (C=O) groups is 2. The maximum Gasteiger partial charge on any atom is 0.341 e. The molecular weight excluding hydrogens is 341 g/mol. The second kappa shape index (κ2) is 7.85. The number of halogens is 2. The van der Waals surface area contributed by atoms with Crippen molar-refractivity contribution in [2.75, 3.05) is 11.9 Å². The Bertz CT molecular complexity index is 734. The van der Waals surface area contributed by atoms with Crippen LogP contribution in [0, 0.1) is 0 Å². The average Bonchev–Trinajstić information content (AvgIpc) is 2.50. The Kier molecular flexibility index (Phi) is 5.84. The fourth-order valence-electron chi connectivity index (χ4n) is 1.88. The molecule has 0 saturated carbocycles. The molecule has 0 unspecified atom stereocenters. The Morgan fingerprint density at radius 1 is 1.09 bits per heavy atom. The minimum Gasteiger partial charge on any atom is -0.479 e. The SMILES string of the molecule is O=C(O)COC(=O)Cc1ccccc1Nc1ccc(Cl)cc1Cl. The molecule has 5 nitrogen and oxygen atoms in total. The number of para-hydroxylation sites is 1. The van der Waals surface area contributed by atoms with Gasteiger partial charge in [-0.3, -0.25) is 4.79 Å². The Morgan fingerprint density at radius 2 is 1.83 bits per heavy atom. The van der Waals surface area contributed by atoms with E-state index in [1.807, 2.05) is 0 Å². The van der Waals surface area contributed by atoms with Gasteiger partial charge in [-0.2, -0.15) is 0 Å². The van der Waals surface area contributed by atoms with Crippen LogP contribution in [-0.4, -0.2) is 23.7 Å². The van der Waals surface area contributed by atoms with Crippen molar-refractivity contribution >= 4 is 46.5 Å². The first-order valence-electron chi connectivity index (χ1n) is 6.63. The highest BCUT2D eigenvalue weighted by molar-refractivity contribution is 6.36.